The molecular weight excluding hydrogens is 138 g/mol. The van der Waals surface area contributed by atoms with Gasteiger partial charge in [0.1, 0.15) is 0 Å². The molecule has 0 bridgehead atoms. The van der Waals surface area contributed by atoms with Crippen LogP contribution in [0.3, 0.4) is 0 Å². The Morgan fingerprint density at radius 2 is 2.55 bits per heavy atom. The van der Waals surface area contributed by atoms with Crippen molar-refractivity contribution >= 4 is 6.21 Å². The molecule has 0 aromatic carbocycles. The third kappa shape index (κ3) is 2.46. The Kier molecular flexibility index (Phi) is 3.30. The average Bonchev–Trinajstić information content (AvgIpc) is 2.18. The molecule has 0 amide bonds. The number of hydrogen-bond donors (Lipinski definition) is 1. The van der Waals surface area contributed by atoms with E-state index in [1.807, 2.05) is 12.4 Å². The van der Waals surface area contributed by atoms with Gasteiger partial charge in [0.05, 0.1) is 0 Å². The molecule has 0 saturated carbocycles. The average molecular weight is 153 g/mol. The van der Waals surface area contributed by atoms with Crippen molar-refractivity contribution in [1.29, 1.82) is 0 Å². The maximum absolute atomic E-state index is 8.74. The molecule has 0 aromatic rings. The van der Waals surface area contributed by atoms with Crippen LogP contribution >= 0.6 is 0 Å². The summed E-state index contributed by atoms with van der Waals surface area (Å²) in [5.74, 6) is 0.588. The van der Waals surface area contributed by atoms with Crippen molar-refractivity contribution in [2.75, 3.05) is 6.61 Å². The fourth-order valence-corrected chi connectivity index (χ4v) is 1.30. The molecule has 1 atom stereocenters. The summed E-state index contributed by atoms with van der Waals surface area (Å²) in [5, 5.41) is 8.74. The molecule has 0 aromatic heterocycles. The van der Waals surface area contributed by atoms with Crippen LogP contribution in [0.4, 0.5) is 0 Å². The topological polar surface area (TPSA) is 32.6 Å². The van der Waals surface area contributed by atoms with E-state index in [1.165, 1.54) is 5.57 Å². The van der Waals surface area contributed by atoms with Gasteiger partial charge in [-0.1, -0.05) is 6.92 Å². The van der Waals surface area contributed by atoms with E-state index in [0.717, 1.165) is 19.3 Å². The first-order valence-electron chi connectivity index (χ1n) is 4.16. The van der Waals surface area contributed by atoms with E-state index >= 15 is 0 Å². The second-order valence-electron chi connectivity index (χ2n) is 2.99. The minimum absolute atomic E-state index is 0.242. The highest BCUT2D eigenvalue weighted by atomic mass is 16.2. The Bertz CT molecular complexity index is 172. The van der Waals surface area contributed by atoms with Gasteiger partial charge in [0, 0.05) is 19.0 Å². The summed E-state index contributed by atoms with van der Waals surface area (Å²) in [4.78, 5) is 4.12. The Hall–Kier alpha value is -0.630. The highest BCUT2D eigenvalue weighted by Crippen LogP contribution is 2.20. The van der Waals surface area contributed by atoms with E-state index in [0.29, 0.717) is 5.92 Å². The first-order chi connectivity index (χ1) is 5.34. The summed E-state index contributed by atoms with van der Waals surface area (Å²) in [6.07, 6.45) is 6.84. The summed E-state index contributed by atoms with van der Waals surface area (Å²) in [7, 11) is 0. The lowest BCUT2D eigenvalue weighted by Crippen LogP contribution is -2.00. The molecule has 2 nitrogen and oxygen atoms in total. The van der Waals surface area contributed by atoms with Crippen LogP contribution in [0.25, 0.3) is 0 Å². The van der Waals surface area contributed by atoms with Gasteiger partial charge in [0.15, 0.2) is 0 Å². The summed E-state index contributed by atoms with van der Waals surface area (Å²) in [5.41, 5.74) is 1.28. The predicted octanol–water partition coefficient (Wildman–Crippen LogP) is 1.75. The zero-order valence-electron chi connectivity index (χ0n) is 6.95. The van der Waals surface area contributed by atoms with Gasteiger partial charge in [-0.15, -0.1) is 0 Å². The Morgan fingerprint density at radius 1 is 1.73 bits per heavy atom. The normalized spacial score (nSPS) is 24.5. The van der Waals surface area contributed by atoms with Crippen LogP contribution in [0.5, 0.6) is 0 Å². The predicted molar refractivity (Wildman–Crippen MR) is 46.7 cm³/mol. The zero-order valence-corrected chi connectivity index (χ0v) is 6.95. The molecule has 62 valence electrons. The van der Waals surface area contributed by atoms with E-state index < -0.39 is 0 Å². The fraction of sp³-hybridized carbons (Fsp3) is 0.667. The van der Waals surface area contributed by atoms with Crippen LogP contribution in [0.15, 0.2) is 16.8 Å². The number of aliphatic hydroxyl groups excluding tert-OH is 1. The first kappa shape index (κ1) is 8.47. The first-order valence-corrected chi connectivity index (χ1v) is 4.16. The van der Waals surface area contributed by atoms with E-state index in [-0.39, 0.29) is 6.61 Å². The largest absolute Gasteiger partial charge is 0.396 e. The third-order valence-corrected chi connectivity index (χ3v) is 2.11. The van der Waals surface area contributed by atoms with Crippen LogP contribution in [0, 0.1) is 5.92 Å². The molecule has 0 aliphatic carbocycles. The Balaban J connectivity index is 2.56. The number of aliphatic imine (C=N–C) groups is 1. The fourth-order valence-electron chi connectivity index (χ4n) is 1.30. The SMILES string of the molecule is CC1CCC=NC=C1CCO. The van der Waals surface area contributed by atoms with Crippen molar-refractivity contribution in [2.45, 2.75) is 26.2 Å². The second-order valence-corrected chi connectivity index (χ2v) is 2.99. The van der Waals surface area contributed by atoms with Gasteiger partial charge in [-0.2, -0.15) is 0 Å². The van der Waals surface area contributed by atoms with Gasteiger partial charge in [0.2, 0.25) is 0 Å². The van der Waals surface area contributed by atoms with Gasteiger partial charge < -0.3 is 5.11 Å². The van der Waals surface area contributed by atoms with Crippen molar-refractivity contribution < 1.29 is 5.11 Å². The van der Waals surface area contributed by atoms with Gasteiger partial charge >= 0.3 is 0 Å². The molecule has 2 heteroatoms. The highest BCUT2D eigenvalue weighted by molar-refractivity contribution is 5.58. The molecule has 0 spiro atoms. The molecule has 0 fully saturated rings. The minimum Gasteiger partial charge on any atom is -0.396 e. The lowest BCUT2D eigenvalue weighted by Gasteiger charge is -2.10. The van der Waals surface area contributed by atoms with E-state index in [9.17, 15) is 0 Å². The maximum Gasteiger partial charge on any atom is 0.0468 e. The lowest BCUT2D eigenvalue weighted by molar-refractivity contribution is 0.294. The summed E-state index contributed by atoms with van der Waals surface area (Å²) in [6, 6.07) is 0. The second kappa shape index (κ2) is 4.29. The van der Waals surface area contributed by atoms with Gasteiger partial charge in [0.25, 0.3) is 0 Å². The van der Waals surface area contributed by atoms with Crippen LogP contribution in [-0.4, -0.2) is 17.9 Å². The monoisotopic (exact) mass is 153 g/mol. The zero-order chi connectivity index (χ0) is 8.10. The van der Waals surface area contributed by atoms with Crippen molar-refractivity contribution in [2.24, 2.45) is 10.9 Å². The lowest BCUT2D eigenvalue weighted by atomic mass is 9.95. The standard InChI is InChI=1S/C9H15NO/c1-8-3-2-5-10-7-9(8)4-6-11/h5,7-8,11H,2-4,6H2,1H3. The van der Waals surface area contributed by atoms with Crippen LogP contribution < -0.4 is 0 Å². The molecule has 1 rings (SSSR count). The summed E-state index contributed by atoms with van der Waals surface area (Å²) >= 11 is 0. The Labute approximate surface area is 67.7 Å². The van der Waals surface area contributed by atoms with Crippen LogP contribution in [0.2, 0.25) is 0 Å². The van der Waals surface area contributed by atoms with Crippen molar-refractivity contribution in [3.63, 3.8) is 0 Å². The molecule has 1 aliphatic heterocycles. The van der Waals surface area contributed by atoms with Crippen LogP contribution in [-0.2, 0) is 0 Å². The van der Waals surface area contributed by atoms with Crippen molar-refractivity contribution in [1.82, 2.24) is 0 Å². The summed E-state index contributed by atoms with van der Waals surface area (Å²) in [6.45, 7) is 2.43. The molecule has 1 unspecified atom stereocenters. The quantitative estimate of drug-likeness (QED) is 0.644. The van der Waals surface area contributed by atoms with Crippen molar-refractivity contribution in [3.8, 4) is 0 Å². The van der Waals surface area contributed by atoms with Gasteiger partial charge in [-0.25, -0.2) is 0 Å². The van der Waals surface area contributed by atoms with E-state index in [4.69, 9.17) is 5.11 Å². The number of rotatable bonds is 2. The van der Waals surface area contributed by atoms with Crippen LogP contribution in [0.1, 0.15) is 26.2 Å². The summed E-state index contributed by atoms with van der Waals surface area (Å²) < 4.78 is 0. The third-order valence-electron chi connectivity index (χ3n) is 2.11. The maximum atomic E-state index is 8.74. The van der Waals surface area contributed by atoms with Gasteiger partial charge in [-0.3, -0.25) is 4.99 Å². The minimum atomic E-state index is 0.242. The molecular formula is C9H15NO. The molecule has 1 aliphatic rings. The van der Waals surface area contributed by atoms with Gasteiger partial charge in [-0.05, 0) is 30.8 Å². The molecule has 1 N–H and O–H groups in total. The van der Waals surface area contributed by atoms with E-state index in [1.54, 1.807) is 0 Å². The number of aliphatic hydroxyl groups is 1. The smallest absolute Gasteiger partial charge is 0.0468 e. The van der Waals surface area contributed by atoms with Crippen molar-refractivity contribution in [3.05, 3.63) is 11.8 Å². The number of nitrogens with zero attached hydrogens (tertiary/aromatic N) is 1. The molecule has 11 heavy (non-hydrogen) atoms. The highest BCUT2D eigenvalue weighted by Gasteiger charge is 2.08. The Morgan fingerprint density at radius 3 is 3.27 bits per heavy atom. The molecule has 0 saturated heterocycles. The molecule has 0 radical (unpaired) electrons. The number of hydrogen-bond acceptors (Lipinski definition) is 2. The van der Waals surface area contributed by atoms with E-state index in [2.05, 4.69) is 11.9 Å². The molecule has 1 heterocycles.